The van der Waals surface area contributed by atoms with Crippen LogP contribution in [0.3, 0.4) is 0 Å². The third-order valence-electron chi connectivity index (χ3n) is 4.91. The average Bonchev–Trinajstić information content (AvgIpc) is 2.99. The zero-order chi connectivity index (χ0) is 18.7. The predicted molar refractivity (Wildman–Crippen MR) is 102 cm³/mol. The first-order chi connectivity index (χ1) is 12.4. The van der Waals surface area contributed by atoms with Crippen molar-refractivity contribution < 1.29 is 9.53 Å². The van der Waals surface area contributed by atoms with Crippen LogP contribution in [0.1, 0.15) is 62.0 Å². The van der Waals surface area contributed by atoms with Crippen LogP contribution in [0.25, 0.3) is 5.65 Å². The lowest BCUT2D eigenvalue weighted by atomic mass is 9.93. The molecule has 2 aromatic rings. The van der Waals surface area contributed by atoms with Crippen molar-refractivity contribution in [2.45, 2.75) is 65.0 Å². The van der Waals surface area contributed by atoms with Crippen molar-refractivity contribution in [1.82, 2.24) is 19.9 Å². The third kappa shape index (κ3) is 4.54. The van der Waals surface area contributed by atoms with E-state index in [9.17, 15) is 4.79 Å². The summed E-state index contributed by atoms with van der Waals surface area (Å²) in [5.41, 5.74) is 1.88. The number of nitrogens with zero attached hydrogens (tertiary/aromatic N) is 3. The number of imidazole rings is 1. The Kier molecular flexibility index (Phi) is 6.14. The maximum Gasteiger partial charge on any atom is 0.271 e. The van der Waals surface area contributed by atoms with Gasteiger partial charge in [-0.15, -0.1) is 0 Å². The maximum atomic E-state index is 12.6. The zero-order valence-corrected chi connectivity index (χ0v) is 16.4. The third-order valence-corrected chi connectivity index (χ3v) is 5.29. The smallest absolute Gasteiger partial charge is 0.271 e. The molecule has 142 valence electrons. The molecule has 2 heterocycles. The van der Waals surface area contributed by atoms with E-state index in [1.165, 1.54) is 4.52 Å². The van der Waals surface area contributed by atoms with Crippen LogP contribution in [0.2, 0.25) is 5.15 Å². The molecular weight excluding hydrogens is 352 g/mol. The summed E-state index contributed by atoms with van der Waals surface area (Å²) >= 11 is 6.08. The number of nitrogens with one attached hydrogen (secondary N) is 1. The molecule has 0 radical (unpaired) electrons. The summed E-state index contributed by atoms with van der Waals surface area (Å²) in [5, 5.41) is 7.73. The quantitative estimate of drug-likeness (QED) is 0.830. The molecule has 0 atom stereocenters. The molecule has 7 heteroatoms. The van der Waals surface area contributed by atoms with Gasteiger partial charge in [0.2, 0.25) is 0 Å². The molecule has 3 rings (SSSR count). The summed E-state index contributed by atoms with van der Waals surface area (Å²) in [4.78, 5) is 16.9. The van der Waals surface area contributed by atoms with Crippen LogP contribution < -0.4 is 5.32 Å². The first-order valence-electron chi connectivity index (χ1n) is 9.37. The average molecular weight is 379 g/mol. The molecule has 1 aliphatic rings. The molecule has 0 aliphatic heterocycles. The van der Waals surface area contributed by atoms with E-state index in [0.717, 1.165) is 44.3 Å². The molecule has 6 nitrogen and oxygen atoms in total. The Balaban J connectivity index is 1.54. The molecule has 0 aromatic carbocycles. The van der Waals surface area contributed by atoms with Gasteiger partial charge in [0.25, 0.3) is 5.91 Å². The minimum absolute atomic E-state index is 0.158. The molecule has 1 amide bonds. The Morgan fingerprint density at radius 3 is 2.81 bits per heavy atom. The van der Waals surface area contributed by atoms with E-state index in [0.29, 0.717) is 28.5 Å². The van der Waals surface area contributed by atoms with Gasteiger partial charge in [0.15, 0.2) is 16.5 Å². The lowest BCUT2D eigenvalue weighted by Gasteiger charge is -2.29. The van der Waals surface area contributed by atoms with Crippen molar-refractivity contribution in [2.75, 3.05) is 6.61 Å². The second kappa shape index (κ2) is 8.35. The van der Waals surface area contributed by atoms with Gasteiger partial charge in [0.05, 0.1) is 12.3 Å². The van der Waals surface area contributed by atoms with Crippen LogP contribution in [0.15, 0.2) is 12.3 Å². The Hall–Kier alpha value is -1.66. The van der Waals surface area contributed by atoms with E-state index < -0.39 is 0 Å². The van der Waals surface area contributed by atoms with Crippen LogP contribution in [0.4, 0.5) is 0 Å². The zero-order valence-electron chi connectivity index (χ0n) is 15.7. The summed E-state index contributed by atoms with van der Waals surface area (Å²) in [5.74, 6) is 0.510. The standard InChI is InChI=1S/C19H27ClN4O2/c1-12(2)8-9-26-15-6-4-14(5-7-15)22-19(25)16-11-21-17-10-13(3)18(20)23-24(16)17/h10-12,14-15H,4-9H2,1-3H3,(H,22,25). The summed E-state index contributed by atoms with van der Waals surface area (Å²) < 4.78 is 7.46. The number of rotatable bonds is 6. The molecule has 1 saturated carbocycles. The lowest BCUT2D eigenvalue weighted by molar-refractivity contribution is 0.0172. The molecule has 1 aliphatic carbocycles. The van der Waals surface area contributed by atoms with Crippen molar-refractivity contribution >= 4 is 23.2 Å². The number of hydrogen-bond donors (Lipinski definition) is 1. The number of amides is 1. The van der Waals surface area contributed by atoms with Gasteiger partial charge >= 0.3 is 0 Å². The van der Waals surface area contributed by atoms with Gasteiger partial charge in [-0.2, -0.15) is 5.10 Å². The van der Waals surface area contributed by atoms with E-state index in [4.69, 9.17) is 16.3 Å². The SMILES string of the molecule is Cc1cc2ncc(C(=O)NC3CCC(OCCC(C)C)CC3)n2nc1Cl. The normalized spacial score (nSPS) is 20.7. The fourth-order valence-electron chi connectivity index (χ4n) is 3.24. The van der Waals surface area contributed by atoms with Crippen LogP contribution in [-0.4, -0.2) is 39.3 Å². The molecule has 0 bridgehead atoms. The van der Waals surface area contributed by atoms with Gasteiger partial charge in [-0.25, -0.2) is 9.50 Å². The predicted octanol–water partition coefficient (Wildman–Crippen LogP) is 3.79. The van der Waals surface area contributed by atoms with Crippen LogP contribution >= 0.6 is 11.6 Å². The van der Waals surface area contributed by atoms with Crippen LogP contribution in [-0.2, 0) is 4.74 Å². The molecule has 26 heavy (non-hydrogen) atoms. The topological polar surface area (TPSA) is 68.5 Å². The number of hydrogen-bond acceptors (Lipinski definition) is 4. The van der Waals surface area contributed by atoms with E-state index in [-0.39, 0.29) is 11.9 Å². The van der Waals surface area contributed by atoms with E-state index in [2.05, 4.69) is 29.2 Å². The van der Waals surface area contributed by atoms with Crippen molar-refractivity contribution in [1.29, 1.82) is 0 Å². The number of aromatic nitrogens is 3. The number of halogens is 1. The number of aryl methyl sites for hydroxylation is 1. The van der Waals surface area contributed by atoms with Gasteiger partial charge in [-0.05, 0) is 56.6 Å². The fraction of sp³-hybridized carbons (Fsp3) is 0.632. The molecule has 2 aromatic heterocycles. The molecular formula is C19H27ClN4O2. The highest BCUT2D eigenvalue weighted by molar-refractivity contribution is 6.30. The van der Waals surface area contributed by atoms with Gasteiger partial charge in [-0.3, -0.25) is 4.79 Å². The van der Waals surface area contributed by atoms with Gasteiger partial charge in [-0.1, -0.05) is 25.4 Å². The molecule has 1 N–H and O–H groups in total. The first-order valence-corrected chi connectivity index (χ1v) is 9.75. The van der Waals surface area contributed by atoms with Crippen molar-refractivity contribution in [3.05, 3.63) is 28.7 Å². The molecule has 1 fully saturated rings. The second-order valence-corrected chi connectivity index (χ2v) is 7.89. The number of fused-ring (bicyclic) bond motifs is 1. The molecule has 0 saturated heterocycles. The van der Waals surface area contributed by atoms with E-state index in [1.807, 2.05) is 13.0 Å². The highest BCUT2D eigenvalue weighted by Crippen LogP contribution is 2.22. The van der Waals surface area contributed by atoms with Crippen LogP contribution in [0.5, 0.6) is 0 Å². The first kappa shape index (κ1) is 19.1. The number of carbonyl (C=O) groups excluding carboxylic acids is 1. The Bertz CT molecular complexity index is 766. The molecule has 0 unspecified atom stereocenters. The van der Waals surface area contributed by atoms with Gasteiger partial charge < -0.3 is 10.1 Å². The van der Waals surface area contributed by atoms with Crippen molar-refractivity contribution in [3.8, 4) is 0 Å². The Morgan fingerprint density at radius 1 is 1.38 bits per heavy atom. The molecule has 0 spiro atoms. The maximum absolute atomic E-state index is 12.6. The van der Waals surface area contributed by atoms with Gasteiger partial charge in [0, 0.05) is 12.6 Å². The minimum atomic E-state index is -0.158. The minimum Gasteiger partial charge on any atom is -0.378 e. The summed E-state index contributed by atoms with van der Waals surface area (Å²) in [6.07, 6.45) is 6.80. The lowest BCUT2D eigenvalue weighted by Crippen LogP contribution is -2.39. The number of carbonyl (C=O) groups is 1. The Labute approximate surface area is 159 Å². The summed E-state index contributed by atoms with van der Waals surface area (Å²) in [6, 6.07) is 1.99. The van der Waals surface area contributed by atoms with E-state index in [1.54, 1.807) is 6.20 Å². The monoisotopic (exact) mass is 378 g/mol. The summed E-state index contributed by atoms with van der Waals surface area (Å²) in [7, 11) is 0. The largest absolute Gasteiger partial charge is 0.378 e. The van der Waals surface area contributed by atoms with Gasteiger partial charge in [0.1, 0.15) is 0 Å². The second-order valence-electron chi connectivity index (χ2n) is 7.53. The Morgan fingerprint density at radius 2 is 2.12 bits per heavy atom. The summed E-state index contributed by atoms with van der Waals surface area (Å²) in [6.45, 7) is 7.11. The number of ether oxygens (including phenoxy) is 1. The van der Waals surface area contributed by atoms with Crippen LogP contribution in [0, 0.1) is 12.8 Å². The highest BCUT2D eigenvalue weighted by Gasteiger charge is 2.24. The van der Waals surface area contributed by atoms with Crippen molar-refractivity contribution in [3.63, 3.8) is 0 Å². The highest BCUT2D eigenvalue weighted by atomic mass is 35.5. The van der Waals surface area contributed by atoms with Crippen molar-refractivity contribution in [2.24, 2.45) is 5.92 Å². The fourth-order valence-corrected chi connectivity index (χ4v) is 3.37. The van der Waals surface area contributed by atoms with E-state index >= 15 is 0 Å².